The molecule has 1 rings (SSSR count). The number of hydrogen-bond donors (Lipinski definition) is 0. The molecule has 0 radical (unpaired) electrons. The van der Waals surface area contributed by atoms with Crippen molar-refractivity contribution in [1.82, 2.24) is 0 Å². The van der Waals surface area contributed by atoms with E-state index < -0.39 is 0 Å². The highest BCUT2D eigenvalue weighted by Crippen LogP contribution is 2.22. The Morgan fingerprint density at radius 2 is 1.57 bits per heavy atom. The van der Waals surface area contributed by atoms with Gasteiger partial charge in [-0.05, 0) is 43.6 Å². The smallest absolute Gasteiger partial charge is 0.0135 e. The molecule has 0 spiro atoms. The highest BCUT2D eigenvalue weighted by molar-refractivity contribution is 5.30. The molecule has 0 bridgehead atoms. The van der Waals surface area contributed by atoms with Crippen molar-refractivity contribution >= 4 is 0 Å². The fourth-order valence-corrected chi connectivity index (χ4v) is 2.70. The monoisotopic (exact) mass is 290 g/mol. The van der Waals surface area contributed by atoms with Gasteiger partial charge in [0.2, 0.25) is 0 Å². The van der Waals surface area contributed by atoms with Gasteiger partial charge in [0.1, 0.15) is 0 Å². The topological polar surface area (TPSA) is 0 Å². The van der Waals surface area contributed by atoms with Crippen molar-refractivity contribution in [3.8, 4) is 0 Å². The third-order valence-corrected chi connectivity index (χ3v) is 4.21. The molecule has 21 heavy (non-hydrogen) atoms. The van der Waals surface area contributed by atoms with Crippen LogP contribution in [0.3, 0.4) is 0 Å². The average Bonchev–Trinajstić information content (AvgIpc) is 2.70. The molecule has 0 aliphatic heterocycles. The summed E-state index contributed by atoms with van der Waals surface area (Å²) < 4.78 is 0. The molecule has 0 saturated heterocycles. The normalized spacial score (nSPS) is 17.0. The predicted octanol–water partition coefficient (Wildman–Crippen LogP) is 7.48. The Bertz CT molecular complexity index is 330. The summed E-state index contributed by atoms with van der Waals surface area (Å²) in [5.74, 6) is 1.77. The molecule has 0 aromatic rings. The Labute approximate surface area is 134 Å². The van der Waals surface area contributed by atoms with Gasteiger partial charge in [0, 0.05) is 0 Å². The van der Waals surface area contributed by atoms with Gasteiger partial charge in [-0.1, -0.05) is 90.2 Å². The molecule has 0 heterocycles. The summed E-state index contributed by atoms with van der Waals surface area (Å²) in [5.41, 5.74) is 2.97. The van der Waals surface area contributed by atoms with Crippen LogP contribution < -0.4 is 0 Å². The van der Waals surface area contributed by atoms with Gasteiger partial charge in [-0.25, -0.2) is 0 Å². The third-order valence-electron chi connectivity index (χ3n) is 4.21. The third kappa shape index (κ3) is 10.6. The number of allylic oxidation sites excluding steroid dienone is 6. The van der Waals surface area contributed by atoms with Gasteiger partial charge in [-0.3, -0.25) is 0 Å². The van der Waals surface area contributed by atoms with Crippen LogP contribution in [0.4, 0.5) is 0 Å². The lowest BCUT2D eigenvalue weighted by Gasteiger charge is -2.15. The zero-order chi connectivity index (χ0) is 16.1. The zero-order valence-corrected chi connectivity index (χ0v) is 15.4. The first-order chi connectivity index (χ1) is 10.1. The van der Waals surface area contributed by atoms with E-state index in [2.05, 4.69) is 52.0 Å². The highest BCUT2D eigenvalue weighted by atomic mass is 14.1. The molecule has 2 unspecified atom stereocenters. The molecule has 1 aliphatic rings. The molecule has 0 heteroatoms. The summed E-state index contributed by atoms with van der Waals surface area (Å²) in [4.78, 5) is 0. The van der Waals surface area contributed by atoms with E-state index in [4.69, 9.17) is 0 Å². The zero-order valence-electron chi connectivity index (χ0n) is 15.4. The SMILES string of the molecule is CC.CCCC(C)CCC(C)CCC1=CC=C(C)CC=C1. The Morgan fingerprint density at radius 3 is 2.19 bits per heavy atom. The van der Waals surface area contributed by atoms with Crippen LogP contribution in [0.25, 0.3) is 0 Å². The minimum atomic E-state index is 0.863. The van der Waals surface area contributed by atoms with Crippen molar-refractivity contribution in [3.05, 3.63) is 35.5 Å². The van der Waals surface area contributed by atoms with Crippen LogP contribution in [0.15, 0.2) is 35.5 Å². The van der Waals surface area contributed by atoms with Gasteiger partial charge in [-0.15, -0.1) is 0 Å². The molecular formula is C21H38. The first kappa shape index (κ1) is 20.2. The van der Waals surface area contributed by atoms with Crippen molar-refractivity contribution in [2.45, 2.75) is 86.5 Å². The maximum Gasteiger partial charge on any atom is -0.0135 e. The minimum Gasteiger partial charge on any atom is -0.0802 e. The summed E-state index contributed by atoms with van der Waals surface area (Å²) in [6, 6.07) is 0. The molecule has 0 nitrogen and oxygen atoms in total. The van der Waals surface area contributed by atoms with E-state index in [1.807, 2.05) is 13.8 Å². The number of hydrogen-bond acceptors (Lipinski definition) is 0. The van der Waals surface area contributed by atoms with Crippen LogP contribution in [-0.4, -0.2) is 0 Å². The fourth-order valence-electron chi connectivity index (χ4n) is 2.70. The summed E-state index contributed by atoms with van der Waals surface area (Å²) in [5, 5.41) is 0. The van der Waals surface area contributed by atoms with Gasteiger partial charge >= 0.3 is 0 Å². The van der Waals surface area contributed by atoms with Crippen LogP contribution in [-0.2, 0) is 0 Å². The second kappa shape index (κ2) is 12.9. The van der Waals surface area contributed by atoms with Crippen molar-refractivity contribution < 1.29 is 0 Å². The maximum atomic E-state index is 2.42. The van der Waals surface area contributed by atoms with Gasteiger partial charge in [0.05, 0.1) is 0 Å². The molecule has 0 N–H and O–H groups in total. The van der Waals surface area contributed by atoms with Crippen molar-refractivity contribution in [1.29, 1.82) is 0 Å². The Balaban J connectivity index is 0.00000191. The minimum absolute atomic E-state index is 0.863. The summed E-state index contributed by atoms with van der Waals surface area (Å²) in [7, 11) is 0. The van der Waals surface area contributed by atoms with Crippen LogP contribution >= 0.6 is 0 Å². The lowest BCUT2D eigenvalue weighted by Crippen LogP contribution is -2.00. The van der Waals surface area contributed by atoms with Gasteiger partial charge < -0.3 is 0 Å². The quantitative estimate of drug-likeness (QED) is 0.434. The molecule has 122 valence electrons. The predicted molar refractivity (Wildman–Crippen MR) is 98.6 cm³/mol. The molecule has 0 amide bonds. The average molecular weight is 291 g/mol. The van der Waals surface area contributed by atoms with Crippen molar-refractivity contribution in [3.63, 3.8) is 0 Å². The van der Waals surface area contributed by atoms with Crippen LogP contribution in [0.1, 0.15) is 86.5 Å². The fraction of sp³-hybridized carbons (Fsp3) is 0.714. The summed E-state index contributed by atoms with van der Waals surface area (Å²) in [6.45, 7) is 13.3. The Kier molecular flexibility index (Phi) is 12.4. The lowest BCUT2D eigenvalue weighted by atomic mass is 9.91. The van der Waals surface area contributed by atoms with Gasteiger partial charge in [0.25, 0.3) is 0 Å². The number of rotatable bonds is 8. The molecule has 1 aliphatic carbocycles. The second-order valence-corrected chi connectivity index (χ2v) is 6.48. The molecule has 0 saturated carbocycles. The van der Waals surface area contributed by atoms with E-state index in [1.54, 1.807) is 0 Å². The molecular weight excluding hydrogens is 252 g/mol. The maximum absolute atomic E-state index is 2.42. The first-order valence-electron chi connectivity index (χ1n) is 9.14. The largest absolute Gasteiger partial charge is 0.0802 e. The first-order valence-corrected chi connectivity index (χ1v) is 9.14. The highest BCUT2D eigenvalue weighted by Gasteiger charge is 2.07. The van der Waals surface area contributed by atoms with Crippen LogP contribution in [0.2, 0.25) is 0 Å². The standard InChI is InChI=1S/C19H32.C2H6/c1-5-7-16(2)10-11-18(4)13-15-19-9-6-8-17(3)12-14-19;1-2/h6,9,12,14,16,18H,5,7-8,10-11,13,15H2,1-4H3;1-2H3. The Hall–Kier alpha value is -0.780. The van der Waals surface area contributed by atoms with Gasteiger partial charge in [0.15, 0.2) is 0 Å². The van der Waals surface area contributed by atoms with Crippen molar-refractivity contribution in [2.75, 3.05) is 0 Å². The van der Waals surface area contributed by atoms with Crippen molar-refractivity contribution in [2.24, 2.45) is 11.8 Å². The van der Waals surface area contributed by atoms with Crippen LogP contribution in [0.5, 0.6) is 0 Å². The summed E-state index contributed by atoms with van der Waals surface area (Å²) >= 11 is 0. The second-order valence-electron chi connectivity index (χ2n) is 6.48. The van der Waals surface area contributed by atoms with E-state index in [0.717, 1.165) is 18.3 Å². The van der Waals surface area contributed by atoms with E-state index in [0.29, 0.717) is 0 Å². The Morgan fingerprint density at radius 1 is 0.952 bits per heavy atom. The van der Waals surface area contributed by atoms with Gasteiger partial charge in [-0.2, -0.15) is 0 Å². The van der Waals surface area contributed by atoms with E-state index >= 15 is 0 Å². The molecule has 2 atom stereocenters. The molecule has 0 aromatic heterocycles. The molecule has 0 fully saturated rings. The van der Waals surface area contributed by atoms with E-state index in [1.165, 1.54) is 49.7 Å². The van der Waals surface area contributed by atoms with E-state index in [-0.39, 0.29) is 0 Å². The summed E-state index contributed by atoms with van der Waals surface area (Å²) in [6.07, 6.45) is 18.4. The molecule has 0 aromatic carbocycles. The lowest BCUT2D eigenvalue weighted by molar-refractivity contribution is 0.396. The van der Waals surface area contributed by atoms with Crippen LogP contribution in [0, 0.1) is 11.8 Å². The van der Waals surface area contributed by atoms with E-state index in [9.17, 15) is 0 Å².